The van der Waals surface area contributed by atoms with Gasteiger partial charge in [0.25, 0.3) is 11.8 Å². The third-order valence-corrected chi connectivity index (χ3v) is 8.45. The molecule has 0 radical (unpaired) electrons. The topological polar surface area (TPSA) is 56.8 Å². The van der Waals surface area contributed by atoms with Crippen molar-refractivity contribution in [2.75, 3.05) is 32.7 Å². The van der Waals surface area contributed by atoms with Gasteiger partial charge in [-0.15, -0.1) is 12.6 Å². The standard InChI is InChI=1S/C35H46N4O2S/c1-5-20-38(6-2)34(40)30-13-11-29(12-14-30)28-9-7-27(8-10-28)25-39(35(41)33-16-15-32(42)24-36-33)31-18-22-37(23-19-31)21-17-26(3)4/h7-16,24,26,31,42H,5-6,17-23,25H2,1-4H3. The van der Waals surface area contributed by atoms with E-state index >= 15 is 0 Å². The molecule has 0 saturated carbocycles. The lowest BCUT2D eigenvalue weighted by molar-refractivity contribution is 0.0540. The van der Waals surface area contributed by atoms with Gasteiger partial charge >= 0.3 is 0 Å². The van der Waals surface area contributed by atoms with Crippen LogP contribution in [0.4, 0.5) is 0 Å². The third-order valence-electron chi connectivity index (χ3n) is 8.18. The zero-order valence-electron chi connectivity index (χ0n) is 25.6. The molecule has 224 valence electrons. The predicted octanol–water partition coefficient (Wildman–Crippen LogP) is 7.06. The summed E-state index contributed by atoms with van der Waals surface area (Å²) in [5.74, 6) is 0.745. The maximum atomic E-state index is 13.7. The number of amides is 2. The Morgan fingerprint density at radius 3 is 2.12 bits per heavy atom. The normalized spacial score (nSPS) is 14.2. The van der Waals surface area contributed by atoms with Crippen molar-refractivity contribution in [2.24, 2.45) is 5.92 Å². The average molecular weight is 587 g/mol. The highest BCUT2D eigenvalue weighted by molar-refractivity contribution is 7.80. The molecule has 1 fully saturated rings. The highest BCUT2D eigenvalue weighted by Crippen LogP contribution is 2.25. The molecule has 1 aliphatic heterocycles. The Bertz CT molecular complexity index is 1280. The predicted molar refractivity (Wildman–Crippen MR) is 174 cm³/mol. The van der Waals surface area contributed by atoms with Gasteiger partial charge in [-0.25, -0.2) is 4.98 Å². The number of piperidine rings is 1. The molecule has 7 heteroatoms. The average Bonchev–Trinajstić information content (AvgIpc) is 3.02. The van der Waals surface area contributed by atoms with Crippen molar-refractivity contribution in [1.29, 1.82) is 0 Å². The largest absolute Gasteiger partial charge is 0.339 e. The summed E-state index contributed by atoms with van der Waals surface area (Å²) in [5, 5.41) is 0. The summed E-state index contributed by atoms with van der Waals surface area (Å²) in [6, 6.07) is 20.1. The molecule has 1 aliphatic rings. The summed E-state index contributed by atoms with van der Waals surface area (Å²) in [7, 11) is 0. The van der Waals surface area contributed by atoms with E-state index in [9.17, 15) is 9.59 Å². The van der Waals surface area contributed by atoms with Gasteiger partial charge in [-0.05, 0) is 86.0 Å². The first-order valence-electron chi connectivity index (χ1n) is 15.5. The molecule has 0 spiro atoms. The van der Waals surface area contributed by atoms with Crippen LogP contribution in [0.25, 0.3) is 11.1 Å². The van der Waals surface area contributed by atoms with E-state index in [1.54, 1.807) is 12.3 Å². The quantitative estimate of drug-likeness (QED) is 0.231. The maximum absolute atomic E-state index is 13.7. The SMILES string of the molecule is CCCN(CC)C(=O)c1ccc(-c2ccc(CN(C(=O)c3ccc(S)cn3)C3CCN(CCC(C)C)CC3)cc2)cc1. The Morgan fingerprint density at radius 1 is 0.929 bits per heavy atom. The van der Waals surface area contributed by atoms with E-state index in [1.165, 1.54) is 6.42 Å². The second-order valence-corrected chi connectivity index (χ2v) is 12.3. The van der Waals surface area contributed by atoms with Crippen LogP contribution < -0.4 is 0 Å². The van der Waals surface area contributed by atoms with Crippen LogP contribution >= 0.6 is 12.6 Å². The fraction of sp³-hybridized carbons (Fsp3) is 0.457. The third kappa shape index (κ3) is 8.45. The molecule has 3 aromatic rings. The first-order valence-corrected chi connectivity index (χ1v) is 15.9. The second kappa shape index (κ2) is 15.4. The molecule has 0 bridgehead atoms. The summed E-state index contributed by atoms with van der Waals surface area (Å²) < 4.78 is 0. The molecule has 1 saturated heterocycles. The van der Waals surface area contributed by atoms with E-state index in [-0.39, 0.29) is 17.9 Å². The molecule has 2 amide bonds. The molecule has 1 aromatic heterocycles. The Kier molecular flexibility index (Phi) is 11.6. The summed E-state index contributed by atoms with van der Waals surface area (Å²) in [6.07, 6.45) is 5.72. The van der Waals surface area contributed by atoms with E-state index in [2.05, 4.69) is 67.5 Å². The van der Waals surface area contributed by atoms with Crippen molar-refractivity contribution in [3.05, 3.63) is 83.7 Å². The lowest BCUT2D eigenvalue weighted by Crippen LogP contribution is -2.47. The van der Waals surface area contributed by atoms with Gasteiger partial charge in [-0.2, -0.15) is 0 Å². The van der Waals surface area contributed by atoms with Crippen LogP contribution in [-0.4, -0.2) is 70.3 Å². The molecule has 2 aromatic carbocycles. The lowest BCUT2D eigenvalue weighted by atomic mass is 9.99. The molecule has 0 aliphatic carbocycles. The van der Waals surface area contributed by atoms with Crippen molar-refractivity contribution < 1.29 is 9.59 Å². The Labute approximate surface area is 257 Å². The molecule has 2 heterocycles. The van der Waals surface area contributed by atoms with Crippen molar-refractivity contribution in [1.82, 2.24) is 19.7 Å². The van der Waals surface area contributed by atoms with E-state index < -0.39 is 0 Å². The van der Waals surface area contributed by atoms with Crippen LogP contribution in [0.15, 0.2) is 71.8 Å². The maximum Gasteiger partial charge on any atom is 0.272 e. The molecule has 0 unspecified atom stereocenters. The Balaban J connectivity index is 1.47. The van der Waals surface area contributed by atoms with E-state index in [0.29, 0.717) is 24.7 Å². The number of rotatable bonds is 12. The van der Waals surface area contributed by atoms with Crippen LogP contribution in [0.1, 0.15) is 79.8 Å². The van der Waals surface area contributed by atoms with Crippen molar-refractivity contribution >= 4 is 24.4 Å². The molecule has 6 nitrogen and oxygen atoms in total. The molecular formula is C35H46N4O2S. The molecule has 0 atom stereocenters. The zero-order valence-corrected chi connectivity index (χ0v) is 26.5. The van der Waals surface area contributed by atoms with Crippen molar-refractivity contribution in [2.45, 2.75) is 70.9 Å². The number of carbonyl (C=O) groups excluding carboxylic acids is 2. The van der Waals surface area contributed by atoms with Crippen molar-refractivity contribution in [3.8, 4) is 11.1 Å². The van der Waals surface area contributed by atoms with Crippen LogP contribution in [0, 0.1) is 5.92 Å². The number of likely N-dealkylation sites (tertiary alicyclic amines) is 1. The molecule has 4 rings (SSSR count). The number of pyridine rings is 1. The first kappa shape index (κ1) is 31.8. The summed E-state index contributed by atoms with van der Waals surface area (Å²) in [5.41, 5.74) is 4.41. The van der Waals surface area contributed by atoms with Gasteiger partial charge in [0.05, 0.1) is 0 Å². The van der Waals surface area contributed by atoms with Gasteiger partial charge in [-0.3, -0.25) is 9.59 Å². The Hall–Kier alpha value is -3.16. The summed E-state index contributed by atoms with van der Waals surface area (Å²) in [6.45, 7) is 13.8. The van der Waals surface area contributed by atoms with E-state index in [1.807, 2.05) is 47.1 Å². The first-order chi connectivity index (χ1) is 20.3. The smallest absolute Gasteiger partial charge is 0.272 e. The second-order valence-electron chi connectivity index (χ2n) is 11.7. The van der Waals surface area contributed by atoms with Gasteiger partial charge in [0.2, 0.25) is 0 Å². The van der Waals surface area contributed by atoms with Gasteiger partial charge in [0.15, 0.2) is 0 Å². The van der Waals surface area contributed by atoms with E-state index in [0.717, 1.165) is 72.6 Å². The number of nitrogens with zero attached hydrogens (tertiary/aromatic N) is 4. The fourth-order valence-corrected chi connectivity index (χ4v) is 5.71. The number of hydrogen-bond acceptors (Lipinski definition) is 5. The lowest BCUT2D eigenvalue weighted by Gasteiger charge is -2.38. The van der Waals surface area contributed by atoms with Gasteiger partial charge in [0.1, 0.15) is 5.69 Å². The summed E-state index contributed by atoms with van der Waals surface area (Å²) in [4.78, 5) is 38.1. The molecular weight excluding hydrogens is 540 g/mol. The van der Waals surface area contributed by atoms with Gasteiger partial charge in [0, 0.05) is 55.4 Å². The minimum absolute atomic E-state index is 0.0301. The number of thiol groups is 1. The number of benzene rings is 2. The minimum atomic E-state index is -0.0301. The minimum Gasteiger partial charge on any atom is -0.339 e. The van der Waals surface area contributed by atoms with Crippen LogP contribution in [0.3, 0.4) is 0 Å². The number of aromatic nitrogens is 1. The number of carbonyl (C=O) groups is 2. The molecule has 0 N–H and O–H groups in total. The van der Waals surface area contributed by atoms with E-state index in [4.69, 9.17) is 0 Å². The fourth-order valence-electron chi connectivity index (χ4n) is 5.58. The Morgan fingerprint density at radius 2 is 1.57 bits per heavy atom. The number of hydrogen-bond donors (Lipinski definition) is 1. The van der Waals surface area contributed by atoms with Crippen LogP contribution in [0.2, 0.25) is 0 Å². The van der Waals surface area contributed by atoms with Gasteiger partial charge in [-0.1, -0.05) is 57.2 Å². The summed E-state index contributed by atoms with van der Waals surface area (Å²) >= 11 is 4.34. The zero-order chi connectivity index (χ0) is 30.1. The highest BCUT2D eigenvalue weighted by atomic mass is 32.1. The highest BCUT2D eigenvalue weighted by Gasteiger charge is 2.29. The molecule has 42 heavy (non-hydrogen) atoms. The van der Waals surface area contributed by atoms with Crippen LogP contribution in [0.5, 0.6) is 0 Å². The monoisotopic (exact) mass is 586 g/mol. The van der Waals surface area contributed by atoms with Crippen LogP contribution in [-0.2, 0) is 6.54 Å². The van der Waals surface area contributed by atoms with Crippen molar-refractivity contribution in [3.63, 3.8) is 0 Å². The van der Waals surface area contributed by atoms with Gasteiger partial charge < -0.3 is 14.7 Å².